The summed E-state index contributed by atoms with van der Waals surface area (Å²) in [6.07, 6.45) is 2.56. The molecule has 0 rings (SSSR count). The lowest BCUT2D eigenvalue weighted by Gasteiger charge is -2.09. The Kier molecular flexibility index (Phi) is 10.9. The lowest BCUT2D eigenvalue weighted by Crippen LogP contribution is -2.28. The summed E-state index contributed by atoms with van der Waals surface area (Å²) in [5.41, 5.74) is 8.02. The molecule has 22 heavy (non-hydrogen) atoms. The Bertz CT molecular complexity index is 521. The van der Waals surface area contributed by atoms with E-state index in [0.717, 1.165) is 19.4 Å². The van der Waals surface area contributed by atoms with Gasteiger partial charge in [-0.2, -0.15) is 0 Å². The van der Waals surface area contributed by atoms with Crippen LogP contribution in [-0.4, -0.2) is 13.1 Å². The molecule has 4 heteroatoms. The second-order valence-electron chi connectivity index (χ2n) is 4.84. The van der Waals surface area contributed by atoms with Crippen LogP contribution in [0.2, 0.25) is 0 Å². The summed E-state index contributed by atoms with van der Waals surface area (Å²) >= 11 is 0. The van der Waals surface area contributed by atoms with E-state index in [2.05, 4.69) is 73.6 Å². The predicted octanol–water partition coefficient (Wildman–Crippen LogP) is 2.15. The molecule has 0 aliphatic carbocycles. The molecular weight excluding hydrogens is 272 g/mol. The van der Waals surface area contributed by atoms with Gasteiger partial charge in [0, 0.05) is 31.6 Å². The normalized spacial score (nSPS) is 10.1. The highest BCUT2D eigenvalue weighted by molar-refractivity contribution is 5.26. The third-order valence-corrected chi connectivity index (χ3v) is 2.95. The third kappa shape index (κ3) is 11.4. The smallest absolute Gasteiger partial charge is 0.0968 e. The topological polar surface area (TPSA) is 62.1 Å². The van der Waals surface area contributed by atoms with Crippen LogP contribution >= 0.6 is 0 Å². The second-order valence-corrected chi connectivity index (χ2v) is 4.84. The molecule has 0 aromatic rings. The Hall–Kier alpha value is -2.46. The van der Waals surface area contributed by atoms with Crippen molar-refractivity contribution in [3.63, 3.8) is 0 Å². The van der Waals surface area contributed by atoms with Gasteiger partial charge in [0.15, 0.2) is 0 Å². The number of allylic oxidation sites excluding steroid dienone is 2. The Morgan fingerprint density at radius 1 is 1.00 bits per heavy atom. The maximum atomic E-state index is 5.39. The molecule has 0 saturated heterocycles. The van der Waals surface area contributed by atoms with Gasteiger partial charge in [0.25, 0.3) is 0 Å². The second kappa shape index (κ2) is 12.3. The van der Waals surface area contributed by atoms with Crippen LogP contribution in [0.1, 0.15) is 40.0 Å². The van der Waals surface area contributed by atoms with Gasteiger partial charge in [-0.15, -0.1) is 0 Å². The Balaban J connectivity index is 3.77. The van der Waals surface area contributed by atoms with Crippen LogP contribution in [0.4, 0.5) is 0 Å². The van der Waals surface area contributed by atoms with Gasteiger partial charge in [-0.05, 0) is 32.1 Å². The van der Waals surface area contributed by atoms with Gasteiger partial charge in [0.05, 0.1) is 11.6 Å². The largest absolute Gasteiger partial charge is 0.388 e. The van der Waals surface area contributed by atoms with E-state index < -0.39 is 0 Å². The van der Waals surface area contributed by atoms with Crippen molar-refractivity contribution in [3.8, 4) is 23.7 Å². The van der Waals surface area contributed by atoms with E-state index in [4.69, 9.17) is 5.73 Å². The highest BCUT2D eigenvalue weighted by Crippen LogP contribution is 2.03. The minimum Gasteiger partial charge on any atom is -0.388 e. The van der Waals surface area contributed by atoms with Crippen LogP contribution in [0.5, 0.6) is 0 Å². The Morgan fingerprint density at radius 2 is 1.55 bits per heavy atom. The van der Waals surface area contributed by atoms with Crippen LogP contribution in [-0.2, 0) is 0 Å². The van der Waals surface area contributed by atoms with Gasteiger partial charge in [0.2, 0.25) is 0 Å². The first-order chi connectivity index (χ1) is 10.5. The molecule has 0 heterocycles. The fourth-order valence-electron chi connectivity index (χ4n) is 1.46. The van der Waals surface area contributed by atoms with E-state index in [-0.39, 0.29) is 0 Å². The lowest BCUT2D eigenvalue weighted by atomic mass is 10.2. The van der Waals surface area contributed by atoms with Gasteiger partial charge in [-0.25, -0.2) is 0 Å². The van der Waals surface area contributed by atoms with Crippen LogP contribution < -0.4 is 21.7 Å². The van der Waals surface area contributed by atoms with Gasteiger partial charge in [0.1, 0.15) is 0 Å². The van der Waals surface area contributed by atoms with Crippen molar-refractivity contribution in [2.24, 2.45) is 5.73 Å². The molecule has 0 spiro atoms. The molecule has 0 saturated carbocycles. The first-order valence-electron chi connectivity index (χ1n) is 7.47. The molecule has 0 amide bonds. The molecule has 0 unspecified atom stereocenters. The molecular formula is C18H28N4. The number of nitrogens with one attached hydrogen (secondary N) is 3. The average Bonchev–Trinajstić information content (AvgIpc) is 2.47. The summed E-state index contributed by atoms with van der Waals surface area (Å²) in [7, 11) is 0. The maximum absolute atomic E-state index is 5.39. The Labute approximate surface area is 135 Å². The minimum absolute atomic E-state index is 0.363. The first kappa shape index (κ1) is 19.5. The van der Waals surface area contributed by atoms with Gasteiger partial charge >= 0.3 is 0 Å². The number of hydrogen-bond donors (Lipinski definition) is 4. The zero-order chi connectivity index (χ0) is 16.8. The lowest BCUT2D eigenvalue weighted by molar-refractivity contribution is 0.743. The molecule has 0 aliphatic heterocycles. The van der Waals surface area contributed by atoms with Crippen molar-refractivity contribution in [1.29, 1.82) is 0 Å². The zero-order valence-corrected chi connectivity index (χ0v) is 14.0. The van der Waals surface area contributed by atoms with Crippen molar-refractivity contribution in [1.82, 2.24) is 16.0 Å². The molecule has 4 nitrogen and oxygen atoms in total. The van der Waals surface area contributed by atoms with E-state index in [1.54, 1.807) is 0 Å². The Morgan fingerprint density at radius 3 is 2.05 bits per heavy atom. The molecule has 0 radical (unpaired) electrons. The van der Waals surface area contributed by atoms with Crippen LogP contribution in [0.25, 0.3) is 0 Å². The first-order valence-corrected chi connectivity index (χ1v) is 7.47. The van der Waals surface area contributed by atoms with E-state index in [0.29, 0.717) is 24.6 Å². The van der Waals surface area contributed by atoms with E-state index in [1.807, 2.05) is 0 Å². The van der Waals surface area contributed by atoms with Crippen molar-refractivity contribution < 1.29 is 0 Å². The molecule has 0 atom stereocenters. The van der Waals surface area contributed by atoms with E-state index in [9.17, 15) is 0 Å². The summed E-state index contributed by atoms with van der Waals surface area (Å²) in [6, 6.07) is 0. The van der Waals surface area contributed by atoms with Gasteiger partial charge < -0.3 is 21.7 Å². The molecule has 0 aromatic carbocycles. The molecule has 5 N–H and O–H groups in total. The quantitative estimate of drug-likeness (QED) is 0.389. The maximum Gasteiger partial charge on any atom is 0.0968 e. The fraction of sp³-hybridized carbons (Fsp3) is 0.444. The average molecular weight is 300 g/mol. The molecule has 0 bridgehead atoms. The highest BCUT2D eigenvalue weighted by atomic mass is 15.1. The van der Waals surface area contributed by atoms with Crippen LogP contribution in [0.3, 0.4) is 0 Å². The van der Waals surface area contributed by atoms with Gasteiger partial charge in [-0.1, -0.05) is 37.5 Å². The third-order valence-electron chi connectivity index (χ3n) is 2.95. The van der Waals surface area contributed by atoms with E-state index >= 15 is 0 Å². The summed E-state index contributed by atoms with van der Waals surface area (Å²) < 4.78 is 0. The van der Waals surface area contributed by atoms with Crippen molar-refractivity contribution >= 4 is 0 Å². The monoisotopic (exact) mass is 300 g/mol. The number of nitrogens with two attached hydrogens (primary N) is 1. The highest BCUT2D eigenvalue weighted by Gasteiger charge is 1.92. The van der Waals surface area contributed by atoms with E-state index in [1.165, 1.54) is 11.3 Å². The standard InChI is InChI=1S/C18H28N4/c1-6-15(2)16(3)20-13-11-9-7-8-10-12-14-21-18(5)22-17(4)19/h20-22H,4-6,11-14,19H2,1-3H3/b16-15-. The molecule has 0 aromatic heterocycles. The van der Waals surface area contributed by atoms with Crippen molar-refractivity contribution in [2.75, 3.05) is 13.1 Å². The number of rotatable bonds is 9. The molecule has 120 valence electrons. The molecule has 0 aliphatic rings. The summed E-state index contributed by atoms with van der Waals surface area (Å²) in [5, 5.41) is 9.18. The minimum atomic E-state index is 0.363. The molecule has 0 fully saturated rings. The predicted molar refractivity (Wildman–Crippen MR) is 95.1 cm³/mol. The summed E-state index contributed by atoms with van der Waals surface area (Å²) in [5.74, 6) is 12.7. The van der Waals surface area contributed by atoms with Crippen LogP contribution in [0, 0.1) is 23.7 Å². The zero-order valence-electron chi connectivity index (χ0n) is 14.0. The fourth-order valence-corrected chi connectivity index (χ4v) is 1.46. The van der Waals surface area contributed by atoms with Crippen molar-refractivity contribution in [3.05, 3.63) is 36.1 Å². The summed E-state index contributed by atoms with van der Waals surface area (Å²) in [6.45, 7) is 15.2. The SMILES string of the molecule is C=C(N)NC(=C)NCCC#CC#CCCN/C(C)=C(/C)CC. The summed E-state index contributed by atoms with van der Waals surface area (Å²) in [4.78, 5) is 0. The van der Waals surface area contributed by atoms with Crippen molar-refractivity contribution in [2.45, 2.75) is 40.0 Å². The van der Waals surface area contributed by atoms with Crippen LogP contribution in [0.15, 0.2) is 36.1 Å². The van der Waals surface area contributed by atoms with Gasteiger partial charge in [-0.3, -0.25) is 0 Å². The number of hydrogen-bond acceptors (Lipinski definition) is 4.